The summed E-state index contributed by atoms with van der Waals surface area (Å²) < 4.78 is 2.59. The molecule has 0 nitrogen and oxygen atoms in total. The van der Waals surface area contributed by atoms with Gasteiger partial charge in [-0.15, -0.1) is 23.1 Å². The van der Waals surface area contributed by atoms with Crippen molar-refractivity contribution in [2.45, 2.75) is 5.75 Å². The first-order chi connectivity index (χ1) is 6.83. The summed E-state index contributed by atoms with van der Waals surface area (Å²) in [4.78, 5) is 1.39. The number of halogens is 1. The van der Waals surface area contributed by atoms with Crippen LogP contribution in [0.5, 0.6) is 0 Å². The van der Waals surface area contributed by atoms with E-state index in [0.29, 0.717) is 0 Å². The molecular formula is C11H9BrS2. The SMILES string of the molecule is C=CSCc1sc2ccccc2c1Br. The summed E-state index contributed by atoms with van der Waals surface area (Å²) >= 11 is 7.23. The smallest absolute Gasteiger partial charge is 0.0401 e. The predicted octanol–water partition coefficient (Wildman–Crippen LogP) is 5.04. The van der Waals surface area contributed by atoms with Gasteiger partial charge in [0.1, 0.15) is 0 Å². The van der Waals surface area contributed by atoms with Gasteiger partial charge >= 0.3 is 0 Å². The summed E-state index contributed by atoms with van der Waals surface area (Å²) in [6.45, 7) is 3.71. The molecule has 0 N–H and O–H groups in total. The van der Waals surface area contributed by atoms with E-state index in [9.17, 15) is 0 Å². The van der Waals surface area contributed by atoms with Crippen molar-refractivity contribution in [3.63, 3.8) is 0 Å². The van der Waals surface area contributed by atoms with Crippen LogP contribution in [0.3, 0.4) is 0 Å². The maximum atomic E-state index is 3.71. The highest BCUT2D eigenvalue weighted by atomic mass is 79.9. The molecule has 0 aliphatic rings. The van der Waals surface area contributed by atoms with Crippen molar-refractivity contribution in [3.8, 4) is 0 Å². The Kier molecular flexibility index (Phi) is 3.31. The maximum absolute atomic E-state index is 3.71. The molecule has 0 saturated carbocycles. The molecule has 0 saturated heterocycles. The second kappa shape index (κ2) is 4.51. The van der Waals surface area contributed by atoms with Crippen LogP contribution in [0, 0.1) is 0 Å². The molecule has 1 aromatic carbocycles. The van der Waals surface area contributed by atoms with Gasteiger partial charge in [0.15, 0.2) is 0 Å². The van der Waals surface area contributed by atoms with Gasteiger partial charge in [-0.3, -0.25) is 0 Å². The Hall–Kier alpha value is -0.250. The zero-order valence-corrected chi connectivity index (χ0v) is 10.7. The van der Waals surface area contributed by atoms with Gasteiger partial charge in [-0.2, -0.15) is 0 Å². The Morgan fingerprint density at radius 1 is 1.43 bits per heavy atom. The molecule has 2 aromatic rings. The predicted molar refractivity (Wildman–Crippen MR) is 71.0 cm³/mol. The second-order valence-corrected chi connectivity index (χ2v) is 5.70. The molecule has 0 atom stereocenters. The first kappa shape index (κ1) is 10.3. The van der Waals surface area contributed by atoms with Crippen molar-refractivity contribution < 1.29 is 0 Å². The van der Waals surface area contributed by atoms with E-state index in [1.165, 1.54) is 19.4 Å². The fourth-order valence-corrected chi connectivity index (χ4v) is 4.08. The molecule has 0 aliphatic heterocycles. The molecule has 2 rings (SSSR count). The summed E-state index contributed by atoms with van der Waals surface area (Å²) in [5.41, 5.74) is 0. The Bertz CT molecular complexity index is 459. The van der Waals surface area contributed by atoms with E-state index in [-0.39, 0.29) is 0 Å². The molecule has 0 spiro atoms. The standard InChI is InChI=1S/C11H9BrS2/c1-2-13-7-10-11(12)8-5-3-4-6-9(8)14-10/h2-6H,1,7H2. The average molecular weight is 285 g/mol. The molecule has 0 unspecified atom stereocenters. The monoisotopic (exact) mass is 284 g/mol. The molecule has 1 heterocycles. The van der Waals surface area contributed by atoms with E-state index >= 15 is 0 Å². The van der Waals surface area contributed by atoms with Crippen molar-refractivity contribution in [3.05, 3.63) is 45.6 Å². The van der Waals surface area contributed by atoms with Crippen molar-refractivity contribution >= 4 is 49.1 Å². The van der Waals surface area contributed by atoms with E-state index < -0.39 is 0 Å². The molecule has 14 heavy (non-hydrogen) atoms. The minimum absolute atomic E-state index is 1.00. The lowest BCUT2D eigenvalue weighted by atomic mass is 10.2. The van der Waals surface area contributed by atoms with Gasteiger partial charge in [-0.05, 0) is 27.4 Å². The van der Waals surface area contributed by atoms with Crippen LogP contribution in [0.4, 0.5) is 0 Å². The van der Waals surface area contributed by atoms with Crippen LogP contribution in [0.15, 0.2) is 40.7 Å². The molecular weight excluding hydrogens is 276 g/mol. The Morgan fingerprint density at radius 2 is 2.21 bits per heavy atom. The van der Waals surface area contributed by atoms with Crippen LogP contribution in [0.1, 0.15) is 4.88 Å². The molecule has 0 fully saturated rings. The maximum Gasteiger partial charge on any atom is 0.0401 e. The first-order valence-electron chi connectivity index (χ1n) is 4.21. The lowest BCUT2D eigenvalue weighted by Gasteiger charge is -1.93. The minimum atomic E-state index is 1.00. The quantitative estimate of drug-likeness (QED) is 0.761. The second-order valence-electron chi connectivity index (χ2n) is 2.81. The van der Waals surface area contributed by atoms with Gasteiger partial charge in [-0.25, -0.2) is 0 Å². The zero-order chi connectivity index (χ0) is 9.97. The van der Waals surface area contributed by atoms with Crippen LogP contribution < -0.4 is 0 Å². The zero-order valence-electron chi connectivity index (χ0n) is 7.50. The van der Waals surface area contributed by atoms with Crippen LogP contribution in [-0.4, -0.2) is 0 Å². The van der Waals surface area contributed by atoms with E-state index in [0.717, 1.165) is 5.75 Å². The van der Waals surface area contributed by atoms with Crippen molar-refractivity contribution in [1.82, 2.24) is 0 Å². The van der Waals surface area contributed by atoms with Gasteiger partial charge in [0.2, 0.25) is 0 Å². The molecule has 0 bridgehead atoms. The van der Waals surface area contributed by atoms with Gasteiger partial charge in [0, 0.05) is 25.2 Å². The first-order valence-corrected chi connectivity index (χ1v) is 6.87. The Morgan fingerprint density at radius 3 is 2.93 bits per heavy atom. The van der Waals surface area contributed by atoms with Crippen molar-refractivity contribution in [2.75, 3.05) is 0 Å². The Labute approximate surface area is 100 Å². The van der Waals surface area contributed by atoms with Crippen molar-refractivity contribution in [1.29, 1.82) is 0 Å². The highest BCUT2D eigenvalue weighted by Gasteiger charge is 2.07. The summed E-state index contributed by atoms with van der Waals surface area (Å²) in [7, 11) is 0. The number of thiophene rings is 1. The third kappa shape index (κ3) is 1.90. The number of thioether (sulfide) groups is 1. The normalized spacial score (nSPS) is 10.6. The number of fused-ring (bicyclic) bond motifs is 1. The van der Waals surface area contributed by atoms with Gasteiger partial charge in [0.05, 0.1) is 0 Å². The molecule has 0 amide bonds. The number of benzene rings is 1. The third-order valence-electron chi connectivity index (χ3n) is 1.93. The van der Waals surface area contributed by atoms with Gasteiger partial charge in [0.25, 0.3) is 0 Å². The average Bonchev–Trinajstić information content (AvgIpc) is 2.54. The van der Waals surface area contributed by atoms with Crippen molar-refractivity contribution in [2.24, 2.45) is 0 Å². The topological polar surface area (TPSA) is 0 Å². The number of rotatable bonds is 3. The highest BCUT2D eigenvalue weighted by Crippen LogP contribution is 2.37. The van der Waals surface area contributed by atoms with Crippen LogP contribution >= 0.6 is 39.0 Å². The van der Waals surface area contributed by atoms with Gasteiger partial charge in [-0.1, -0.05) is 24.8 Å². The molecule has 72 valence electrons. The minimum Gasteiger partial charge on any atom is -0.138 e. The van der Waals surface area contributed by atoms with E-state index in [2.05, 4.69) is 46.8 Å². The molecule has 3 heteroatoms. The third-order valence-corrected chi connectivity index (χ3v) is 5.15. The Balaban J connectivity index is 2.46. The van der Waals surface area contributed by atoms with Crippen LogP contribution in [-0.2, 0) is 5.75 Å². The molecule has 0 aliphatic carbocycles. The summed E-state index contributed by atoms with van der Waals surface area (Å²) in [5, 5.41) is 3.20. The van der Waals surface area contributed by atoms with E-state index in [4.69, 9.17) is 0 Å². The fraction of sp³-hybridized carbons (Fsp3) is 0.0909. The fourth-order valence-electron chi connectivity index (χ4n) is 1.29. The lowest BCUT2D eigenvalue weighted by Crippen LogP contribution is -1.71. The number of hydrogen-bond acceptors (Lipinski definition) is 2. The molecule has 1 aromatic heterocycles. The van der Waals surface area contributed by atoms with E-state index in [1.54, 1.807) is 11.8 Å². The highest BCUT2D eigenvalue weighted by molar-refractivity contribution is 9.10. The van der Waals surface area contributed by atoms with Gasteiger partial charge < -0.3 is 0 Å². The van der Waals surface area contributed by atoms with Crippen LogP contribution in [0.2, 0.25) is 0 Å². The molecule has 0 radical (unpaired) electrons. The summed E-state index contributed by atoms with van der Waals surface area (Å²) in [5.74, 6) is 1.00. The number of hydrogen-bond donors (Lipinski definition) is 0. The van der Waals surface area contributed by atoms with Crippen LogP contribution in [0.25, 0.3) is 10.1 Å². The summed E-state index contributed by atoms with van der Waals surface area (Å²) in [6.07, 6.45) is 0. The van der Waals surface area contributed by atoms with E-state index in [1.807, 2.05) is 16.7 Å². The summed E-state index contributed by atoms with van der Waals surface area (Å²) in [6, 6.07) is 8.46. The largest absolute Gasteiger partial charge is 0.138 e. The lowest BCUT2D eigenvalue weighted by molar-refractivity contribution is 1.53.